The fourth-order valence-electron chi connectivity index (χ4n) is 0.644. The highest BCUT2D eigenvalue weighted by Crippen LogP contribution is 2.32. The van der Waals surface area contributed by atoms with Crippen molar-refractivity contribution in [2.45, 2.75) is 6.18 Å². The van der Waals surface area contributed by atoms with Crippen LogP contribution < -0.4 is 0 Å². The molecule has 0 N–H and O–H groups in total. The third-order valence-electron chi connectivity index (χ3n) is 1.13. The molecule has 1 rings (SSSR count). The van der Waals surface area contributed by atoms with Crippen LogP contribution >= 0.6 is 15.9 Å². The molecular weight excluding hydrogens is 249 g/mol. The van der Waals surface area contributed by atoms with Crippen LogP contribution in [0.2, 0.25) is 0 Å². The van der Waals surface area contributed by atoms with Gasteiger partial charge < -0.3 is 0 Å². The molecule has 68 valence electrons. The van der Waals surface area contributed by atoms with Gasteiger partial charge in [0.2, 0.25) is 0 Å². The Morgan fingerprint density at radius 3 is 2.69 bits per heavy atom. The zero-order valence-electron chi connectivity index (χ0n) is 7.91. The highest BCUT2D eigenvalue weighted by Gasteiger charge is 2.34. The van der Waals surface area contributed by atoms with Gasteiger partial charge in [-0.1, -0.05) is 0 Å². The fraction of sp³-hybridized carbons (Fsp3) is 0.143. The molecule has 1 aromatic heterocycles. The number of aromatic nitrogens is 1. The Hall–Kier alpha value is -1.09. The molecule has 0 bridgehead atoms. The molecule has 0 amide bonds. The summed E-state index contributed by atoms with van der Waals surface area (Å²) in [6.07, 6.45) is -5.39. The van der Waals surface area contributed by atoms with E-state index in [2.05, 4.69) is 20.9 Å². The topological polar surface area (TPSA) is 36.7 Å². The van der Waals surface area contributed by atoms with Crippen LogP contribution in [-0.4, -0.2) is 4.98 Å². The van der Waals surface area contributed by atoms with E-state index in [9.17, 15) is 13.2 Å². The Kier molecular flexibility index (Phi) is 1.88. The van der Waals surface area contributed by atoms with E-state index in [0.717, 1.165) is 0 Å². The summed E-state index contributed by atoms with van der Waals surface area (Å²) in [5, 5.41) is 8.43. The summed E-state index contributed by atoms with van der Waals surface area (Å²) in [6.45, 7) is 0. The molecule has 0 aromatic carbocycles. The molecule has 0 fully saturated rings. The first-order valence-corrected chi connectivity index (χ1v) is 3.72. The molecule has 0 unspecified atom stereocenters. The minimum absolute atomic E-state index is 0.381. The normalized spacial score (nSPS) is 13.2. The molecule has 0 aliphatic heterocycles. The molecule has 0 atom stereocenters. The molecule has 0 saturated carbocycles. The molecule has 0 aliphatic carbocycles. The maximum absolute atomic E-state index is 12.4. The van der Waals surface area contributed by atoms with Gasteiger partial charge in [-0.25, -0.2) is 4.98 Å². The van der Waals surface area contributed by atoms with Gasteiger partial charge in [0.1, 0.15) is 6.07 Å². The SMILES string of the molecule is [2H]c1nc(C#N)c(C(F)(F)F)c([2H])c1Br. The molecule has 0 radical (unpaired) electrons. The lowest BCUT2D eigenvalue weighted by atomic mass is 10.2. The van der Waals surface area contributed by atoms with Crippen molar-refractivity contribution in [3.63, 3.8) is 0 Å². The zero-order chi connectivity index (χ0) is 11.8. The molecule has 6 heteroatoms. The molecule has 0 spiro atoms. The van der Waals surface area contributed by atoms with E-state index in [1.165, 1.54) is 6.07 Å². The summed E-state index contributed by atoms with van der Waals surface area (Å²) >= 11 is 2.64. The van der Waals surface area contributed by atoms with Crippen LogP contribution in [0.15, 0.2) is 16.7 Å². The average Bonchev–Trinajstić information content (AvgIpc) is 2.11. The number of nitriles is 1. The number of halogens is 4. The van der Waals surface area contributed by atoms with Gasteiger partial charge in [-0.15, -0.1) is 0 Å². The Morgan fingerprint density at radius 2 is 2.23 bits per heavy atom. The fourth-order valence-corrected chi connectivity index (χ4v) is 0.931. The van der Waals surface area contributed by atoms with Crippen molar-refractivity contribution in [2.24, 2.45) is 0 Å². The lowest BCUT2D eigenvalue weighted by Crippen LogP contribution is -2.08. The van der Waals surface area contributed by atoms with E-state index in [-0.39, 0.29) is 4.47 Å². The number of hydrogen-bond donors (Lipinski definition) is 0. The van der Waals surface area contributed by atoms with E-state index in [4.69, 9.17) is 8.00 Å². The van der Waals surface area contributed by atoms with Crippen LogP contribution in [-0.2, 0) is 6.18 Å². The molecular formula is C7H2BrF3N2. The molecule has 1 aromatic rings. The van der Waals surface area contributed by atoms with Gasteiger partial charge in [0.25, 0.3) is 0 Å². The molecule has 1 heterocycles. The number of hydrogen-bond acceptors (Lipinski definition) is 2. The summed E-state index contributed by atoms with van der Waals surface area (Å²) < 4.78 is 51.1. The van der Waals surface area contributed by atoms with Gasteiger partial charge >= 0.3 is 6.18 Å². The first kappa shape index (κ1) is 7.33. The molecule has 2 nitrogen and oxygen atoms in total. The van der Waals surface area contributed by atoms with Gasteiger partial charge in [-0.3, -0.25) is 0 Å². The molecule has 0 saturated heterocycles. The highest BCUT2D eigenvalue weighted by atomic mass is 79.9. The molecule has 13 heavy (non-hydrogen) atoms. The Labute approximate surface area is 82.9 Å². The van der Waals surface area contributed by atoms with Gasteiger partial charge in [-0.2, -0.15) is 18.4 Å². The summed E-state index contributed by atoms with van der Waals surface area (Å²) in [5.41, 5.74) is -2.38. The van der Waals surface area contributed by atoms with Crippen LogP contribution in [0.4, 0.5) is 13.2 Å². The third-order valence-corrected chi connectivity index (χ3v) is 1.50. The summed E-state index contributed by atoms with van der Waals surface area (Å²) in [7, 11) is 0. The summed E-state index contributed by atoms with van der Waals surface area (Å²) in [6, 6.07) is 0.274. The summed E-state index contributed by atoms with van der Waals surface area (Å²) in [5.74, 6) is 0. The number of rotatable bonds is 0. The molecule has 0 aliphatic rings. The van der Waals surface area contributed by atoms with Crippen molar-refractivity contribution in [3.8, 4) is 6.07 Å². The predicted molar refractivity (Wildman–Crippen MR) is 41.7 cm³/mol. The van der Waals surface area contributed by atoms with E-state index >= 15 is 0 Å². The van der Waals surface area contributed by atoms with Crippen LogP contribution in [0.5, 0.6) is 0 Å². The van der Waals surface area contributed by atoms with Crippen LogP contribution in [0.25, 0.3) is 0 Å². The van der Waals surface area contributed by atoms with Gasteiger partial charge in [0, 0.05) is 10.6 Å². The van der Waals surface area contributed by atoms with Crippen LogP contribution in [0, 0.1) is 11.3 Å². The highest BCUT2D eigenvalue weighted by molar-refractivity contribution is 9.10. The van der Waals surface area contributed by atoms with Crippen molar-refractivity contribution in [3.05, 3.63) is 27.9 Å². The average molecular weight is 253 g/mol. The first-order valence-electron chi connectivity index (χ1n) is 3.93. The second kappa shape index (κ2) is 3.34. The summed E-state index contributed by atoms with van der Waals surface area (Å²) in [4.78, 5) is 3.14. The minimum Gasteiger partial charge on any atom is -0.244 e. The minimum atomic E-state index is -4.83. The first-order chi connectivity index (χ1) is 6.79. The third kappa shape index (κ3) is 2.18. The quantitative estimate of drug-likeness (QED) is 0.712. The standard InChI is InChI=1S/C7H2BrF3N2/c8-4-1-5(7(9,10)11)6(2-12)13-3-4/h1,3H/i1D,3D. The monoisotopic (exact) mass is 252 g/mol. The van der Waals surface area contributed by atoms with E-state index in [0.29, 0.717) is 0 Å². The maximum Gasteiger partial charge on any atom is 0.419 e. The number of pyridine rings is 1. The lowest BCUT2D eigenvalue weighted by Gasteiger charge is -2.07. The van der Waals surface area contributed by atoms with E-state index in [1.807, 2.05) is 0 Å². The second-order valence-electron chi connectivity index (χ2n) is 2.00. The van der Waals surface area contributed by atoms with Crippen molar-refractivity contribution >= 4 is 15.9 Å². The number of alkyl halides is 3. The van der Waals surface area contributed by atoms with Gasteiger partial charge in [0.15, 0.2) is 5.69 Å². The Bertz CT molecular complexity index is 453. The van der Waals surface area contributed by atoms with Gasteiger partial charge in [0.05, 0.1) is 8.30 Å². The van der Waals surface area contributed by atoms with Crippen LogP contribution in [0.3, 0.4) is 0 Å². The van der Waals surface area contributed by atoms with E-state index in [1.54, 1.807) is 0 Å². The zero-order valence-corrected chi connectivity index (χ0v) is 7.49. The second-order valence-corrected chi connectivity index (χ2v) is 2.79. The maximum atomic E-state index is 12.4. The largest absolute Gasteiger partial charge is 0.419 e. The Morgan fingerprint density at radius 1 is 1.62 bits per heavy atom. The Balaban J connectivity index is 3.65. The van der Waals surface area contributed by atoms with Crippen molar-refractivity contribution in [1.29, 1.82) is 5.26 Å². The lowest BCUT2D eigenvalue weighted by molar-refractivity contribution is -0.138. The van der Waals surface area contributed by atoms with Crippen molar-refractivity contribution in [1.82, 2.24) is 4.98 Å². The van der Waals surface area contributed by atoms with E-state index < -0.39 is 29.6 Å². The van der Waals surface area contributed by atoms with Crippen molar-refractivity contribution < 1.29 is 15.9 Å². The van der Waals surface area contributed by atoms with Crippen LogP contribution in [0.1, 0.15) is 14.0 Å². The van der Waals surface area contributed by atoms with Crippen molar-refractivity contribution in [2.75, 3.05) is 0 Å². The number of nitrogens with zero attached hydrogens (tertiary/aromatic N) is 2. The van der Waals surface area contributed by atoms with Gasteiger partial charge in [-0.05, 0) is 22.0 Å². The predicted octanol–water partition coefficient (Wildman–Crippen LogP) is 2.73. The smallest absolute Gasteiger partial charge is 0.244 e.